The van der Waals surface area contributed by atoms with Gasteiger partial charge in [0.15, 0.2) is 0 Å². The van der Waals surface area contributed by atoms with Crippen LogP contribution < -0.4 is 5.32 Å². The van der Waals surface area contributed by atoms with Crippen molar-refractivity contribution >= 4 is 11.3 Å². The lowest BCUT2D eigenvalue weighted by Gasteiger charge is -2.14. The fraction of sp³-hybridized carbons (Fsp3) is 0.700. The highest BCUT2D eigenvalue weighted by Crippen LogP contribution is 2.11. The van der Waals surface area contributed by atoms with Gasteiger partial charge in [-0.05, 0) is 13.3 Å². The van der Waals surface area contributed by atoms with Crippen molar-refractivity contribution < 1.29 is 9.84 Å². The van der Waals surface area contributed by atoms with Gasteiger partial charge in [0.1, 0.15) is 0 Å². The molecule has 0 aliphatic rings. The van der Waals surface area contributed by atoms with Crippen LogP contribution in [-0.2, 0) is 11.2 Å². The molecule has 2 N–H and O–H groups in total. The Bertz CT molecular complexity index is 278. The number of hydrogen-bond acceptors (Lipinski definition) is 5. The molecule has 0 aliphatic carbocycles. The van der Waals surface area contributed by atoms with E-state index >= 15 is 0 Å². The van der Waals surface area contributed by atoms with Crippen molar-refractivity contribution in [3.05, 3.63) is 16.1 Å². The molecule has 86 valence electrons. The zero-order valence-electron chi connectivity index (χ0n) is 9.19. The first-order valence-electron chi connectivity index (χ1n) is 5.00. The first kappa shape index (κ1) is 12.6. The van der Waals surface area contributed by atoms with Gasteiger partial charge in [-0.2, -0.15) is 0 Å². The SMILES string of the molecule is COCC(CO)NCCc1scnc1C. The molecule has 0 bridgehead atoms. The van der Waals surface area contributed by atoms with E-state index in [0.717, 1.165) is 18.7 Å². The molecular formula is C10H18N2O2S. The van der Waals surface area contributed by atoms with Gasteiger partial charge in [0, 0.05) is 18.5 Å². The largest absolute Gasteiger partial charge is 0.395 e. The van der Waals surface area contributed by atoms with Crippen molar-refractivity contribution in [3.63, 3.8) is 0 Å². The second kappa shape index (κ2) is 6.90. The minimum absolute atomic E-state index is 0.0308. The standard InChI is InChI=1S/C10H18N2O2S/c1-8-10(15-7-12-8)3-4-11-9(5-13)6-14-2/h7,9,11,13H,3-6H2,1-2H3. The molecule has 0 amide bonds. The van der Waals surface area contributed by atoms with Crippen LogP contribution in [0.25, 0.3) is 0 Å². The maximum atomic E-state index is 9.02. The van der Waals surface area contributed by atoms with Crippen molar-refractivity contribution in [2.45, 2.75) is 19.4 Å². The van der Waals surface area contributed by atoms with Crippen LogP contribution in [0.5, 0.6) is 0 Å². The summed E-state index contributed by atoms with van der Waals surface area (Å²) in [6.45, 7) is 3.51. The summed E-state index contributed by atoms with van der Waals surface area (Å²) < 4.78 is 4.97. The number of nitrogens with zero attached hydrogens (tertiary/aromatic N) is 1. The smallest absolute Gasteiger partial charge is 0.0797 e. The van der Waals surface area contributed by atoms with Crippen LogP contribution in [0, 0.1) is 6.92 Å². The van der Waals surface area contributed by atoms with Gasteiger partial charge in [-0.1, -0.05) is 0 Å². The molecule has 1 atom stereocenters. The monoisotopic (exact) mass is 230 g/mol. The highest BCUT2D eigenvalue weighted by Gasteiger charge is 2.06. The molecule has 1 aromatic rings. The second-order valence-electron chi connectivity index (χ2n) is 3.40. The molecule has 1 aromatic heterocycles. The van der Waals surface area contributed by atoms with E-state index < -0.39 is 0 Å². The summed E-state index contributed by atoms with van der Waals surface area (Å²) >= 11 is 1.68. The number of aliphatic hydroxyl groups excluding tert-OH is 1. The van der Waals surface area contributed by atoms with Gasteiger partial charge in [0.05, 0.1) is 30.5 Å². The summed E-state index contributed by atoms with van der Waals surface area (Å²) in [5.41, 5.74) is 2.97. The lowest BCUT2D eigenvalue weighted by Crippen LogP contribution is -2.37. The molecule has 0 saturated carbocycles. The van der Waals surface area contributed by atoms with Crippen molar-refractivity contribution in [2.75, 3.05) is 26.9 Å². The predicted octanol–water partition coefficient (Wildman–Crippen LogP) is 0.591. The Balaban J connectivity index is 2.23. The van der Waals surface area contributed by atoms with Gasteiger partial charge >= 0.3 is 0 Å². The Labute approximate surface area is 94.3 Å². The topological polar surface area (TPSA) is 54.4 Å². The number of methoxy groups -OCH3 is 1. The Morgan fingerprint density at radius 2 is 2.47 bits per heavy atom. The number of aryl methyl sites for hydroxylation is 1. The van der Waals surface area contributed by atoms with Gasteiger partial charge in [-0.25, -0.2) is 4.98 Å². The van der Waals surface area contributed by atoms with E-state index in [1.807, 2.05) is 12.4 Å². The Morgan fingerprint density at radius 3 is 3.00 bits per heavy atom. The van der Waals surface area contributed by atoms with Crippen LogP contribution >= 0.6 is 11.3 Å². The minimum Gasteiger partial charge on any atom is -0.395 e. The van der Waals surface area contributed by atoms with Gasteiger partial charge in [-0.15, -0.1) is 11.3 Å². The van der Waals surface area contributed by atoms with E-state index in [0.29, 0.717) is 6.61 Å². The van der Waals surface area contributed by atoms with Crippen LogP contribution in [0.4, 0.5) is 0 Å². The third kappa shape index (κ3) is 4.25. The van der Waals surface area contributed by atoms with Gasteiger partial charge < -0.3 is 15.2 Å². The average molecular weight is 230 g/mol. The molecule has 0 fully saturated rings. The molecule has 0 aliphatic heterocycles. The highest BCUT2D eigenvalue weighted by molar-refractivity contribution is 7.09. The third-order valence-electron chi connectivity index (χ3n) is 2.22. The summed E-state index contributed by atoms with van der Waals surface area (Å²) in [4.78, 5) is 5.49. The fourth-order valence-electron chi connectivity index (χ4n) is 1.33. The van der Waals surface area contributed by atoms with E-state index in [1.165, 1.54) is 4.88 Å². The van der Waals surface area contributed by atoms with E-state index in [1.54, 1.807) is 18.4 Å². The summed E-state index contributed by atoms with van der Waals surface area (Å²) in [7, 11) is 1.64. The van der Waals surface area contributed by atoms with Gasteiger partial charge in [-0.3, -0.25) is 0 Å². The van der Waals surface area contributed by atoms with Crippen LogP contribution in [-0.4, -0.2) is 43.0 Å². The molecule has 0 saturated heterocycles. The number of ether oxygens (including phenoxy) is 1. The van der Waals surface area contributed by atoms with E-state index in [-0.39, 0.29) is 12.6 Å². The summed E-state index contributed by atoms with van der Waals surface area (Å²) in [5.74, 6) is 0. The molecule has 1 heterocycles. The predicted molar refractivity (Wildman–Crippen MR) is 61.3 cm³/mol. The zero-order chi connectivity index (χ0) is 11.1. The Kier molecular flexibility index (Phi) is 5.78. The maximum absolute atomic E-state index is 9.02. The molecule has 1 rings (SSSR count). The molecule has 0 spiro atoms. The highest BCUT2D eigenvalue weighted by atomic mass is 32.1. The first-order valence-corrected chi connectivity index (χ1v) is 5.88. The lowest BCUT2D eigenvalue weighted by atomic mass is 10.2. The number of aliphatic hydroxyl groups is 1. The molecule has 15 heavy (non-hydrogen) atoms. The number of nitrogens with one attached hydrogen (secondary N) is 1. The summed E-state index contributed by atoms with van der Waals surface area (Å²) in [6.07, 6.45) is 0.955. The van der Waals surface area contributed by atoms with E-state index in [9.17, 15) is 0 Å². The third-order valence-corrected chi connectivity index (χ3v) is 3.21. The van der Waals surface area contributed by atoms with Gasteiger partial charge in [0.2, 0.25) is 0 Å². The van der Waals surface area contributed by atoms with Crippen molar-refractivity contribution in [1.82, 2.24) is 10.3 Å². The summed E-state index contributed by atoms with van der Waals surface area (Å²) in [5, 5.41) is 12.3. The number of rotatable bonds is 7. The summed E-state index contributed by atoms with van der Waals surface area (Å²) in [6, 6.07) is 0.0308. The number of hydrogen-bond donors (Lipinski definition) is 2. The number of aromatic nitrogens is 1. The van der Waals surface area contributed by atoms with Crippen LogP contribution in [0.3, 0.4) is 0 Å². The molecule has 4 nitrogen and oxygen atoms in total. The number of thiazole rings is 1. The second-order valence-corrected chi connectivity index (χ2v) is 4.34. The molecule has 0 radical (unpaired) electrons. The molecular weight excluding hydrogens is 212 g/mol. The van der Waals surface area contributed by atoms with Crippen LogP contribution in [0.2, 0.25) is 0 Å². The average Bonchev–Trinajstić information content (AvgIpc) is 2.63. The van der Waals surface area contributed by atoms with E-state index in [2.05, 4.69) is 10.3 Å². The molecule has 1 unspecified atom stereocenters. The van der Waals surface area contributed by atoms with Crippen molar-refractivity contribution in [1.29, 1.82) is 0 Å². The minimum atomic E-state index is 0.0308. The fourth-order valence-corrected chi connectivity index (χ4v) is 2.11. The first-order chi connectivity index (χ1) is 7.27. The van der Waals surface area contributed by atoms with Crippen molar-refractivity contribution in [3.8, 4) is 0 Å². The van der Waals surface area contributed by atoms with Crippen LogP contribution in [0.1, 0.15) is 10.6 Å². The molecule has 0 aromatic carbocycles. The van der Waals surface area contributed by atoms with Crippen LogP contribution in [0.15, 0.2) is 5.51 Å². The zero-order valence-corrected chi connectivity index (χ0v) is 10.0. The Morgan fingerprint density at radius 1 is 1.67 bits per heavy atom. The maximum Gasteiger partial charge on any atom is 0.0797 e. The normalized spacial score (nSPS) is 13.0. The van der Waals surface area contributed by atoms with Gasteiger partial charge in [0.25, 0.3) is 0 Å². The lowest BCUT2D eigenvalue weighted by molar-refractivity contribution is 0.129. The van der Waals surface area contributed by atoms with E-state index in [4.69, 9.17) is 9.84 Å². The quantitative estimate of drug-likeness (QED) is 0.720. The Hall–Kier alpha value is -0.490. The molecule has 5 heteroatoms. The van der Waals surface area contributed by atoms with Crippen molar-refractivity contribution in [2.24, 2.45) is 0 Å².